The standard InChI is InChI=1S/C2H12N6/c1-5-8(4)6-7(2)3/h3-8H,1-2H3. The van der Waals surface area contributed by atoms with Crippen molar-refractivity contribution in [2.45, 2.75) is 0 Å². The zero-order valence-electron chi connectivity index (χ0n) is 5.00. The molecule has 8 heavy (non-hydrogen) atoms. The van der Waals surface area contributed by atoms with Gasteiger partial charge >= 0.3 is 0 Å². The Morgan fingerprint density at radius 3 is 2.00 bits per heavy atom. The van der Waals surface area contributed by atoms with Gasteiger partial charge in [0, 0.05) is 7.05 Å². The Morgan fingerprint density at radius 2 is 1.88 bits per heavy atom. The lowest BCUT2D eigenvalue weighted by atomic mass is 11.4. The fraction of sp³-hybridized carbons (Fsp3) is 1.00. The number of rotatable bonds is 3. The van der Waals surface area contributed by atoms with E-state index in [0.717, 1.165) is 0 Å². The van der Waals surface area contributed by atoms with Crippen LogP contribution in [0.4, 0.5) is 0 Å². The lowest BCUT2D eigenvalue weighted by Gasteiger charge is -2.23. The second-order valence-corrected chi connectivity index (χ2v) is 1.38. The molecule has 0 heterocycles. The molecule has 6 N–H and O–H groups in total. The Balaban J connectivity index is 3.10. The SMILES string of the molecule is CN[NH+]([NH-])N[NH+](C)[NH-]. The molecule has 6 nitrogen and oxygen atoms in total. The first-order valence-electron chi connectivity index (χ1n) is 2.25. The summed E-state index contributed by atoms with van der Waals surface area (Å²) in [6.45, 7) is 0. The summed E-state index contributed by atoms with van der Waals surface area (Å²) in [5.41, 5.74) is 4.98. The summed E-state index contributed by atoms with van der Waals surface area (Å²) in [6.07, 6.45) is 0. The lowest BCUT2D eigenvalue weighted by molar-refractivity contribution is -1.12. The van der Waals surface area contributed by atoms with Gasteiger partial charge in [-0.1, -0.05) is 0 Å². The molecule has 2 atom stereocenters. The highest BCUT2D eigenvalue weighted by atomic mass is 16.0. The molecule has 0 bridgehead atoms. The van der Waals surface area contributed by atoms with Crippen LogP contribution in [-0.2, 0) is 0 Å². The zero-order chi connectivity index (χ0) is 6.57. The monoisotopic (exact) mass is 120 g/mol. The molecule has 0 saturated carbocycles. The van der Waals surface area contributed by atoms with Crippen LogP contribution in [0, 0.1) is 0 Å². The minimum absolute atomic E-state index is 0.150. The molecule has 0 rings (SSSR count). The van der Waals surface area contributed by atoms with Crippen LogP contribution in [0.25, 0.3) is 11.7 Å². The molecule has 0 saturated heterocycles. The van der Waals surface area contributed by atoms with Gasteiger partial charge in [0.1, 0.15) is 0 Å². The molecule has 0 spiro atoms. The summed E-state index contributed by atoms with van der Waals surface area (Å²) >= 11 is 0. The maximum absolute atomic E-state index is 6.90. The van der Waals surface area contributed by atoms with E-state index in [-0.39, 0.29) is 10.3 Å². The molecule has 0 radical (unpaired) electrons. The zero-order valence-corrected chi connectivity index (χ0v) is 5.00. The van der Waals surface area contributed by atoms with Crippen molar-refractivity contribution in [2.24, 2.45) is 0 Å². The van der Waals surface area contributed by atoms with E-state index in [9.17, 15) is 0 Å². The summed E-state index contributed by atoms with van der Waals surface area (Å²) in [5, 5.41) is 0.418. The molecule has 0 aliphatic heterocycles. The van der Waals surface area contributed by atoms with E-state index in [2.05, 4.69) is 11.0 Å². The first-order chi connectivity index (χ1) is 3.66. The third kappa shape index (κ3) is 3.93. The Kier molecular flexibility index (Phi) is 3.61. The van der Waals surface area contributed by atoms with Gasteiger partial charge in [-0.05, 0) is 5.53 Å². The topological polar surface area (TPSA) is 80.5 Å². The van der Waals surface area contributed by atoms with Gasteiger partial charge in [-0.15, -0.1) is 0 Å². The van der Waals surface area contributed by atoms with E-state index >= 15 is 0 Å². The first-order valence-corrected chi connectivity index (χ1v) is 2.25. The average molecular weight is 120 g/mol. The fourth-order valence-corrected chi connectivity index (χ4v) is 0.250. The Labute approximate surface area is 48.3 Å². The van der Waals surface area contributed by atoms with E-state index in [4.69, 9.17) is 11.7 Å². The Hall–Kier alpha value is -0.240. The van der Waals surface area contributed by atoms with Crippen molar-refractivity contribution in [3.05, 3.63) is 11.7 Å². The van der Waals surface area contributed by atoms with E-state index < -0.39 is 0 Å². The quantitative estimate of drug-likeness (QED) is 0.297. The predicted octanol–water partition coefficient (Wildman–Crippen LogP) is -3.13. The van der Waals surface area contributed by atoms with E-state index in [1.165, 1.54) is 0 Å². The van der Waals surface area contributed by atoms with Crippen LogP contribution < -0.4 is 21.3 Å². The molecule has 0 fully saturated rings. The van der Waals surface area contributed by atoms with Crippen molar-refractivity contribution in [1.29, 1.82) is 0 Å². The molecule has 0 aliphatic rings. The number of hydrogen-bond donors (Lipinski definition) is 4. The highest BCUT2D eigenvalue weighted by Gasteiger charge is 1.88. The molecular formula is C2H12N6. The smallest absolute Gasteiger partial charge is 0.0789 e. The third-order valence-corrected chi connectivity index (χ3v) is 0.562. The highest BCUT2D eigenvalue weighted by Crippen LogP contribution is 1.14. The highest BCUT2D eigenvalue weighted by molar-refractivity contribution is 3.93. The molecule has 0 aromatic heterocycles. The van der Waals surface area contributed by atoms with Crippen molar-refractivity contribution in [1.82, 2.24) is 11.0 Å². The van der Waals surface area contributed by atoms with E-state index in [1.807, 2.05) is 0 Å². The van der Waals surface area contributed by atoms with Crippen LogP contribution >= 0.6 is 0 Å². The predicted molar refractivity (Wildman–Crippen MR) is 28.7 cm³/mol. The molecular weight excluding hydrogens is 108 g/mol. The maximum Gasteiger partial charge on any atom is 0.0789 e. The second kappa shape index (κ2) is 3.72. The van der Waals surface area contributed by atoms with E-state index in [1.54, 1.807) is 14.1 Å². The van der Waals surface area contributed by atoms with Crippen molar-refractivity contribution >= 4 is 0 Å². The van der Waals surface area contributed by atoms with Gasteiger partial charge in [0.25, 0.3) is 0 Å². The van der Waals surface area contributed by atoms with Crippen LogP contribution in [0.1, 0.15) is 0 Å². The average Bonchev–Trinajstić information content (AvgIpc) is 1.65. The van der Waals surface area contributed by atoms with Gasteiger partial charge < -0.3 is 11.7 Å². The van der Waals surface area contributed by atoms with Gasteiger partial charge in [-0.2, -0.15) is 5.43 Å². The molecule has 0 aromatic rings. The van der Waals surface area contributed by atoms with Crippen LogP contribution in [0.3, 0.4) is 0 Å². The molecule has 0 aliphatic carbocycles. The Morgan fingerprint density at radius 1 is 1.38 bits per heavy atom. The van der Waals surface area contributed by atoms with Crippen molar-refractivity contribution in [3.8, 4) is 0 Å². The first kappa shape index (κ1) is 7.76. The van der Waals surface area contributed by atoms with Crippen molar-refractivity contribution in [3.63, 3.8) is 0 Å². The second-order valence-electron chi connectivity index (χ2n) is 1.38. The van der Waals surface area contributed by atoms with Crippen LogP contribution in [0.15, 0.2) is 0 Å². The molecule has 0 amide bonds. The number of quaternary nitrogens is 2. The summed E-state index contributed by atoms with van der Waals surface area (Å²) in [7, 11) is 3.20. The summed E-state index contributed by atoms with van der Waals surface area (Å²) in [5.74, 6) is 13.7. The Bertz CT molecular complexity index is 52.5. The molecule has 50 valence electrons. The number of nitrogens with one attached hydrogen (secondary N) is 6. The van der Waals surface area contributed by atoms with Crippen molar-refractivity contribution in [2.75, 3.05) is 14.1 Å². The van der Waals surface area contributed by atoms with Crippen LogP contribution in [-0.4, -0.2) is 14.1 Å². The van der Waals surface area contributed by atoms with Crippen LogP contribution in [0.5, 0.6) is 0 Å². The van der Waals surface area contributed by atoms with Gasteiger partial charge in [0.05, 0.1) is 7.05 Å². The normalized spacial score (nSPS) is 18.0. The largest absolute Gasteiger partial charge is 0.445 e. The molecule has 0 aromatic carbocycles. The third-order valence-electron chi connectivity index (χ3n) is 0.562. The minimum Gasteiger partial charge on any atom is -0.445 e. The van der Waals surface area contributed by atoms with E-state index in [0.29, 0.717) is 0 Å². The lowest BCUT2D eigenvalue weighted by Crippen LogP contribution is -3.36. The maximum atomic E-state index is 6.90. The minimum atomic E-state index is 0.150. The molecule has 6 heteroatoms. The summed E-state index contributed by atoms with van der Waals surface area (Å²) < 4.78 is 0. The van der Waals surface area contributed by atoms with Crippen LogP contribution in [0.2, 0.25) is 0 Å². The van der Waals surface area contributed by atoms with Gasteiger partial charge in [0.2, 0.25) is 0 Å². The summed E-state index contributed by atoms with van der Waals surface area (Å²) in [6, 6.07) is 0. The van der Waals surface area contributed by atoms with Gasteiger partial charge in [-0.25, -0.2) is 5.23 Å². The van der Waals surface area contributed by atoms with Gasteiger partial charge in [0.15, 0.2) is 0 Å². The molecule has 2 unspecified atom stereocenters. The van der Waals surface area contributed by atoms with Crippen molar-refractivity contribution < 1.29 is 10.3 Å². The van der Waals surface area contributed by atoms with Gasteiger partial charge in [-0.3, -0.25) is 5.12 Å². The fourth-order valence-electron chi connectivity index (χ4n) is 0.250. The number of hydrogen-bond acceptors (Lipinski definition) is 2. The summed E-state index contributed by atoms with van der Waals surface area (Å²) in [4.78, 5) is 0.